The first kappa shape index (κ1) is 17.5. The normalized spacial score (nSPS) is 15.0. The number of carbonyl (C=O) groups excluding carboxylic acids is 1. The number of aromatic nitrogens is 3. The van der Waals surface area contributed by atoms with E-state index in [1.807, 2.05) is 28.9 Å². The lowest BCUT2D eigenvalue weighted by Crippen LogP contribution is -2.28. The monoisotopic (exact) mass is 366 g/mol. The number of benzene rings is 1. The van der Waals surface area contributed by atoms with E-state index in [0.29, 0.717) is 12.1 Å². The van der Waals surface area contributed by atoms with Crippen molar-refractivity contribution in [2.24, 2.45) is 0 Å². The third-order valence-corrected chi connectivity index (χ3v) is 4.88. The minimum Gasteiger partial charge on any atom is -0.497 e. The van der Waals surface area contributed by atoms with Crippen molar-refractivity contribution >= 4 is 23.0 Å². The van der Waals surface area contributed by atoms with Gasteiger partial charge in [0.05, 0.1) is 36.5 Å². The molecule has 1 N–H and O–H groups in total. The lowest BCUT2D eigenvalue weighted by molar-refractivity contribution is 0.0904. The Kier molecular flexibility index (Phi) is 5.02. The van der Waals surface area contributed by atoms with E-state index in [0.717, 1.165) is 60.4 Å². The zero-order valence-electron chi connectivity index (χ0n) is 15.2. The minimum absolute atomic E-state index is 0.285. The second-order valence-electron chi connectivity index (χ2n) is 6.62. The van der Waals surface area contributed by atoms with Crippen LogP contribution in [0.25, 0.3) is 11.0 Å². The average Bonchev–Trinajstić information content (AvgIpc) is 3.13. The summed E-state index contributed by atoms with van der Waals surface area (Å²) in [4.78, 5) is 16.0. The fraction of sp³-hybridized carbons (Fsp3) is 0.350. The number of fused-ring (bicyclic) bond motifs is 1. The zero-order chi connectivity index (χ0) is 18.6. The highest BCUT2D eigenvalue weighted by atomic mass is 16.5. The van der Waals surface area contributed by atoms with Crippen LogP contribution in [-0.4, -0.2) is 47.4 Å². The van der Waals surface area contributed by atoms with Gasteiger partial charge in [0, 0.05) is 25.5 Å². The van der Waals surface area contributed by atoms with Gasteiger partial charge in [0.15, 0.2) is 11.9 Å². The van der Waals surface area contributed by atoms with Gasteiger partial charge in [-0.05, 0) is 30.5 Å². The topological polar surface area (TPSA) is 78.3 Å². The van der Waals surface area contributed by atoms with Gasteiger partial charge in [-0.1, -0.05) is 12.1 Å². The first-order valence-corrected chi connectivity index (χ1v) is 9.05. The number of nitrogens with zero attached hydrogens (tertiary/aromatic N) is 3. The van der Waals surface area contributed by atoms with Gasteiger partial charge in [0.2, 0.25) is 0 Å². The molecule has 0 atom stereocenters. The number of rotatable bonds is 6. The number of ether oxygens (including phenoxy) is 2. The summed E-state index contributed by atoms with van der Waals surface area (Å²) >= 11 is 0. The van der Waals surface area contributed by atoms with Crippen molar-refractivity contribution in [2.75, 3.05) is 25.6 Å². The second-order valence-corrected chi connectivity index (χ2v) is 6.62. The highest BCUT2D eigenvalue weighted by Crippen LogP contribution is 2.27. The van der Waals surface area contributed by atoms with Crippen molar-refractivity contribution in [3.8, 4) is 5.75 Å². The number of hydrogen-bond acceptors (Lipinski definition) is 6. The van der Waals surface area contributed by atoms with Crippen molar-refractivity contribution in [3.05, 3.63) is 47.8 Å². The van der Waals surface area contributed by atoms with Crippen LogP contribution in [-0.2, 0) is 11.3 Å². The molecule has 2 aromatic heterocycles. The van der Waals surface area contributed by atoms with Gasteiger partial charge in [-0.2, -0.15) is 5.10 Å². The van der Waals surface area contributed by atoms with Crippen molar-refractivity contribution in [1.82, 2.24) is 14.8 Å². The largest absolute Gasteiger partial charge is 0.497 e. The van der Waals surface area contributed by atoms with Crippen molar-refractivity contribution < 1.29 is 14.3 Å². The summed E-state index contributed by atoms with van der Waals surface area (Å²) in [6.07, 6.45) is 6.07. The molecule has 0 unspecified atom stereocenters. The molecule has 1 aromatic carbocycles. The summed E-state index contributed by atoms with van der Waals surface area (Å²) in [7, 11) is 1.65. The number of hydrogen-bond donors (Lipinski definition) is 1. The first-order chi connectivity index (χ1) is 13.3. The summed E-state index contributed by atoms with van der Waals surface area (Å²) < 4.78 is 12.5. The molecule has 0 saturated carbocycles. The molecule has 0 radical (unpaired) electrons. The lowest BCUT2D eigenvalue weighted by atomic mass is 10.1. The van der Waals surface area contributed by atoms with Crippen molar-refractivity contribution in [3.63, 3.8) is 0 Å². The first-order valence-electron chi connectivity index (χ1n) is 9.05. The highest BCUT2D eigenvalue weighted by molar-refractivity contribution is 5.98. The summed E-state index contributed by atoms with van der Waals surface area (Å²) in [5, 5.41) is 8.88. The van der Waals surface area contributed by atoms with E-state index in [9.17, 15) is 4.79 Å². The number of anilines is 1. The summed E-state index contributed by atoms with van der Waals surface area (Å²) in [5.74, 6) is 0.820. The molecule has 0 spiro atoms. The molecule has 0 aliphatic carbocycles. The standard InChI is InChI=1S/C20H22N4O3/c1-26-17-4-2-14(3-5-17)12-24-20-18(11-22-24)19(15(13-25)10-21-20)23-16-6-8-27-9-7-16/h2-5,10-11,13,16H,6-9,12H2,1H3,(H,21,23). The maximum Gasteiger partial charge on any atom is 0.160 e. The van der Waals surface area contributed by atoms with Crippen LogP contribution >= 0.6 is 0 Å². The molecule has 0 bridgehead atoms. The fourth-order valence-electron chi connectivity index (χ4n) is 3.36. The SMILES string of the molecule is COc1ccc(Cn2ncc3c(NC4CCOCC4)c(C=O)cnc32)cc1. The number of aldehydes is 1. The predicted molar refractivity (Wildman–Crippen MR) is 102 cm³/mol. The molecule has 0 amide bonds. The molecule has 140 valence electrons. The Morgan fingerprint density at radius 1 is 1.26 bits per heavy atom. The van der Waals surface area contributed by atoms with Crippen LogP contribution in [0.5, 0.6) is 5.75 Å². The molecule has 1 saturated heterocycles. The van der Waals surface area contributed by atoms with E-state index in [2.05, 4.69) is 15.4 Å². The number of nitrogens with one attached hydrogen (secondary N) is 1. The Bertz CT molecular complexity index is 930. The van der Waals surface area contributed by atoms with E-state index in [4.69, 9.17) is 9.47 Å². The van der Waals surface area contributed by atoms with Gasteiger partial charge in [0.1, 0.15) is 5.75 Å². The van der Waals surface area contributed by atoms with Crippen LogP contribution in [0.1, 0.15) is 28.8 Å². The van der Waals surface area contributed by atoms with Gasteiger partial charge in [0.25, 0.3) is 0 Å². The highest BCUT2D eigenvalue weighted by Gasteiger charge is 2.19. The van der Waals surface area contributed by atoms with E-state index in [1.54, 1.807) is 19.5 Å². The van der Waals surface area contributed by atoms with Gasteiger partial charge < -0.3 is 14.8 Å². The van der Waals surface area contributed by atoms with Crippen LogP contribution < -0.4 is 10.1 Å². The predicted octanol–water partition coefficient (Wildman–Crippen LogP) is 2.89. The maximum absolute atomic E-state index is 11.5. The Morgan fingerprint density at radius 2 is 2.04 bits per heavy atom. The quantitative estimate of drug-likeness (QED) is 0.676. The third kappa shape index (κ3) is 3.64. The van der Waals surface area contributed by atoms with Gasteiger partial charge in [-0.25, -0.2) is 9.67 Å². The molecular weight excluding hydrogens is 344 g/mol. The molecule has 7 heteroatoms. The molecule has 1 aliphatic rings. The van der Waals surface area contributed by atoms with Crippen LogP contribution in [0.4, 0.5) is 5.69 Å². The van der Waals surface area contributed by atoms with E-state index in [-0.39, 0.29) is 6.04 Å². The zero-order valence-corrected chi connectivity index (χ0v) is 15.2. The summed E-state index contributed by atoms with van der Waals surface area (Å²) in [6.45, 7) is 2.07. The van der Waals surface area contributed by atoms with Gasteiger partial charge >= 0.3 is 0 Å². The van der Waals surface area contributed by atoms with Gasteiger partial charge in [-0.15, -0.1) is 0 Å². The van der Waals surface area contributed by atoms with Crippen molar-refractivity contribution in [2.45, 2.75) is 25.4 Å². The Hall–Kier alpha value is -2.93. The average molecular weight is 366 g/mol. The minimum atomic E-state index is 0.285. The molecular formula is C20H22N4O3. The maximum atomic E-state index is 11.5. The van der Waals surface area contributed by atoms with E-state index < -0.39 is 0 Å². The molecule has 27 heavy (non-hydrogen) atoms. The number of methoxy groups -OCH3 is 1. The van der Waals surface area contributed by atoms with Crippen LogP contribution in [0.3, 0.4) is 0 Å². The summed E-state index contributed by atoms with van der Waals surface area (Å²) in [5.41, 5.74) is 3.22. The van der Waals surface area contributed by atoms with Crippen molar-refractivity contribution in [1.29, 1.82) is 0 Å². The van der Waals surface area contributed by atoms with E-state index in [1.165, 1.54) is 0 Å². The lowest BCUT2D eigenvalue weighted by Gasteiger charge is -2.25. The van der Waals surface area contributed by atoms with Crippen LogP contribution in [0, 0.1) is 0 Å². The van der Waals surface area contributed by atoms with Crippen LogP contribution in [0.2, 0.25) is 0 Å². The Labute approximate surface area is 157 Å². The van der Waals surface area contributed by atoms with Crippen LogP contribution in [0.15, 0.2) is 36.7 Å². The fourth-order valence-corrected chi connectivity index (χ4v) is 3.36. The molecule has 1 aliphatic heterocycles. The Morgan fingerprint density at radius 3 is 2.74 bits per heavy atom. The smallest absolute Gasteiger partial charge is 0.160 e. The Balaban J connectivity index is 1.65. The number of pyridine rings is 1. The molecule has 7 nitrogen and oxygen atoms in total. The number of carbonyl (C=O) groups is 1. The van der Waals surface area contributed by atoms with E-state index >= 15 is 0 Å². The molecule has 1 fully saturated rings. The molecule has 4 rings (SSSR count). The van der Waals surface area contributed by atoms with Gasteiger partial charge in [-0.3, -0.25) is 4.79 Å². The molecule has 3 heterocycles. The molecule has 3 aromatic rings. The summed E-state index contributed by atoms with van der Waals surface area (Å²) in [6, 6.07) is 8.16. The third-order valence-electron chi connectivity index (χ3n) is 4.88. The second kappa shape index (κ2) is 7.75.